The molecule has 3 saturated carbocycles. The van der Waals surface area contributed by atoms with Gasteiger partial charge in [0.25, 0.3) is 0 Å². The Kier molecular flexibility index (Phi) is 5.29. The zero-order valence-corrected chi connectivity index (χ0v) is 19.7. The van der Waals surface area contributed by atoms with Crippen molar-refractivity contribution in [2.24, 2.45) is 28.6 Å². The number of ether oxygens (including phenoxy) is 1. The minimum Gasteiger partial charge on any atom is -0.462 e. The van der Waals surface area contributed by atoms with Crippen molar-refractivity contribution in [1.29, 1.82) is 0 Å². The number of hydrogen-bond donors (Lipinski definition) is 1. The van der Waals surface area contributed by atoms with Crippen LogP contribution in [0.3, 0.4) is 0 Å². The first-order valence-corrected chi connectivity index (χ1v) is 12.4. The van der Waals surface area contributed by atoms with E-state index in [-0.39, 0.29) is 22.9 Å². The average Bonchev–Trinajstić information content (AvgIpc) is 3.04. The molecule has 3 fully saturated rings. The van der Waals surface area contributed by atoms with Crippen molar-refractivity contribution in [2.75, 3.05) is 0 Å². The molecule has 0 spiro atoms. The van der Waals surface area contributed by atoms with Crippen molar-refractivity contribution in [1.82, 2.24) is 0 Å². The lowest BCUT2D eigenvalue weighted by molar-refractivity contribution is -0.149. The van der Waals surface area contributed by atoms with Crippen LogP contribution in [0.2, 0.25) is 0 Å². The molecule has 0 unspecified atom stereocenters. The molecule has 7 atom stereocenters. The van der Waals surface area contributed by atoms with Gasteiger partial charge in [-0.25, -0.2) is 0 Å². The fourth-order valence-corrected chi connectivity index (χ4v) is 7.88. The van der Waals surface area contributed by atoms with Crippen LogP contribution in [0, 0.1) is 40.4 Å². The van der Waals surface area contributed by atoms with Crippen LogP contribution in [0.4, 0.5) is 0 Å². The maximum absolute atomic E-state index is 11.8. The summed E-state index contributed by atoms with van der Waals surface area (Å²) in [5, 5.41) is 11.8. The minimum atomic E-state index is -0.906. The van der Waals surface area contributed by atoms with Crippen molar-refractivity contribution in [3.05, 3.63) is 47.5 Å². The van der Waals surface area contributed by atoms with Gasteiger partial charge in [0, 0.05) is 24.3 Å². The molecular weight excluding hydrogens is 396 g/mol. The third kappa shape index (κ3) is 3.34. The smallest absolute Gasteiger partial charge is 0.302 e. The molecule has 1 N–H and O–H groups in total. The topological polar surface area (TPSA) is 46.5 Å². The zero-order valence-electron chi connectivity index (χ0n) is 19.7. The van der Waals surface area contributed by atoms with Gasteiger partial charge in [0.1, 0.15) is 11.7 Å². The SMILES string of the molecule is CC(=O)O[C@@H]1CC[C@@]2(C)C(=CC[C@H]3[C@H]4CC[C@@](O)(C#Cc5ccccc5)[C@@]4(C)CC[C@@H]32)C1. The number of carbonyl (C=O) groups excluding carboxylic acids is 1. The van der Waals surface area contributed by atoms with Gasteiger partial charge in [-0.1, -0.05) is 55.5 Å². The van der Waals surface area contributed by atoms with Crippen LogP contribution in [0.15, 0.2) is 42.0 Å². The van der Waals surface area contributed by atoms with Crippen LogP contribution in [-0.2, 0) is 9.53 Å². The van der Waals surface area contributed by atoms with E-state index in [1.807, 2.05) is 30.3 Å². The Morgan fingerprint density at radius 1 is 1.06 bits per heavy atom. The van der Waals surface area contributed by atoms with Gasteiger partial charge in [-0.15, -0.1) is 0 Å². The molecule has 0 bridgehead atoms. The lowest BCUT2D eigenvalue weighted by Crippen LogP contribution is -2.54. The van der Waals surface area contributed by atoms with Gasteiger partial charge in [0.05, 0.1) is 0 Å². The summed E-state index contributed by atoms with van der Waals surface area (Å²) in [4.78, 5) is 11.5. The summed E-state index contributed by atoms with van der Waals surface area (Å²) in [6.45, 7) is 6.28. The van der Waals surface area contributed by atoms with Gasteiger partial charge < -0.3 is 9.84 Å². The van der Waals surface area contributed by atoms with Crippen LogP contribution in [-0.4, -0.2) is 22.8 Å². The minimum absolute atomic E-state index is 0.0436. The lowest BCUT2D eigenvalue weighted by atomic mass is 9.47. The Morgan fingerprint density at radius 2 is 1.81 bits per heavy atom. The zero-order chi connectivity index (χ0) is 22.6. The first kappa shape index (κ1) is 21.8. The fourth-order valence-electron chi connectivity index (χ4n) is 7.88. The van der Waals surface area contributed by atoms with Crippen molar-refractivity contribution in [2.45, 2.75) is 83.8 Å². The van der Waals surface area contributed by atoms with E-state index in [4.69, 9.17) is 4.74 Å². The number of benzene rings is 1. The third-order valence-electron chi connectivity index (χ3n) is 9.73. The standard InChI is InChI=1S/C29H36O3/c1-20(30)32-23-12-15-27(2)22(19-23)9-10-24-25(27)13-16-28(3)26(24)14-18-29(28,31)17-11-21-7-5-4-6-8-21/h4-9,23-26,31H,10,12-16,18-19H2,1-3H3/t23-,24-,25+,26-,27+,28+,29+/m1/s1. The highest BCUT2D eigenvalue weighted by Gasteiger charge is 2.63. The Labute approximate surface area is 192 Å². The molecule has 170 valence electrons. The first-order valence-electron chi connectivity index (χ1n) is 12.4. The van der Waals surface area contributed by atoms with Gasteiger partial charge >= 0.3 is 5.97 Å². The summed E-state index contributed by atoms with van der Waals surface area (Å²) in [5.41, 5.74) is 1.64. The molecule has 3 heteroatoms. The maximum atomic E-state index is 11.8. The predicted octanol–water partition coefficient (Wildman–Crippen LogP) is 5.66. The van der Waals surface area contributed by atoms with E-state index in [0.717, 1.165) is 56.9 Å². The van der Waals surface area contributed by atoms with Crippen LogP contribution >= 0.6 is 0 Å². The molecule has 0 aliphatic heterocycles. The summed E-state index contributed by atoms with van der Waals surface area (Å²) in [6, 6.07) is 10.0. The van der Waals surface area contributed by atoms with Gasteiger partial charge in [0.2, 0.25) is 0 Å². The highest BCUT2D eigenvalue weighted by Crippen LogP contribution is 2.67. The summed E-state index contributed by atoms with van der Waals surface area (Å²) < 4.78 is 5.57. The van der Waals surface area contributed by atoms with Crippen LogP contribution in [0.5, 0.6) is 0 Å². The van der Waals surface area contributed by atoms with Crippen molar-refractivity contribution in [3.63, 3.8) is 0 Å². The molecule has 0 saturated heterocycles. The second kappa shape index (κ2) is 7.77. The Morgan fingerprint density at radius 3 is 2.56 bits per heavy atom. The lowest BCUT2D eigenvalue weighted by Gasteiger charge is -2.58. The number of carbonyl (C=O) groups is 1. The molecule has 5 rings (SSSR count). The van der Waals surface area contributed by atoms with Gasteiger partial charge in [0.15, 0.2) is 0 Å². The fraction of sp³-hybridized carbons (Fsp3) is 0.621. The van der Waals surface area contributed by atoms with E-state index >= 15 is 0 Å². The monoisotopic (exact) mass is 432 g/mol. The van der Waals surface area contributed by atoms with Crippen LogP contribution in [0.25, 0.3) is 0 Å². The molecule has 0 heterocycles. The van der Waals surface area contributed by atoms with Gasteiger partial charge in [-0.05, 0) is 80.2 Å². The van der Waals surface area contributed by atoms with Crippen LogP contribution in [0.1, 0.15) is 77.7 Å². The Balaban J connectivity index is 1.40. The molecule has 0 radical (unpaired) electrons. The highest BCUT2D eigenvalue weighted by molar-refractivity contribution is 5.66. The van der Waals surface area contributed by atoms with E-state index in [2.05, 4.69) is 31.8 Å². The predicted molar refractivity (Wildman–Crippen MR) is 126 cm³/mol. The molecule has 4 aliphatic carbocycles. The van der Waals surface area contributed by atoms with E-state index in [0.29, 0.717) is 17.8 Å². The molecule has 0 amide bonds. The summed E-state index contributed by atoms with van der Waals surface area (Å²) >= 11 is 0. The number of allylic oxidation sites excluding steroid dienone is 1. The summed E-state index contributed by atoms with van der Waals surface area (Å²) in [6.07, 6.45) is 10.6. The second-order valence-corrected chi connectivity index (χ2v) is 11.2. The van der Waals surface area contributed by atoms with E-state index in [1.165, 1.54) is 12.5 Å². The highest BCUT2D eigenvalue weighted by atomic mass is 16.5. The normalized spacial score (nSPS) is 42.4. The molecule has 1 aromatic carbocycles. The van der Waals surface area contributed by atoms with Gasteiger partial charge in [-0.2, -0.15) is 0 Å². The third-order valence-corrected chi connectivity index (χ3v) is 9.73. The Bertz CT molecular complexity index is 985. The van der Waals surface area contributed by atoms with E-state index in [1.54, 1.807) is 0 Å². The molecule has 3 nitrogen and oxygen atoms in total. The van der Waals surface area contributed by atoms with Gasteiger partial charge in [-0.3, -0.25) is 4.79 Å². The van der Waals surface area contributed by atoms with Crippen molar-refractivity contribution < 1.29 is 14.6 Å². The first-order chi connectivity index (χ1) is 15.3. The molecule has 0 aromatic heterocycles. The van der Waals surface area contributed by atoms with E-state index < -0.39 is 5.60 Å². The molecular formula is C29H36O3. The summed E-state index contributed by atoms with van der Waals surface area (Å²) in [5.74, 6) is 8.23. The van der Waals surface area contributed by atoms with Crippen molar-refractivity contribution in [3.8, 4) is 11.8 Å². The maximum Gasteiger partial charge on any atom is 0.302 e. The number of hydrogen-bond acceptors (Lipinski definition) is 3. The Hall–Kier alpha value is -2.05. The van der Waals surface area contributed by atoms with E-state index in [9.17, 15) is 9.90 Å². The largest absolute Gasteiger partial charge is 0.462 e. The second-order valence-electron chi connectivity index (χ2n) is 11.2. The molecule has 1 aromatic rings. The average molecular weight is 433 g/mol. The number of esters is 1. The summed E-state index contributed by atoms with van der Waals surface area (Å²) in [7, 11) is 0. The van der Waals surface area contributed by atoms with Crippen molar-refractivity contribution >= 4 is 5.97 Å². The van der Waals surface area contributed by atoms with Crippen LogP contribution < -0.4 is 0 Å². The number of rotatable bonds is 1. The molecule has 4 aliphatic rings. The quantitative estimate of drug-likeness (QED) is 0.354. The molecule has 32 heavy (non-hydrogen) atoms. The number of aliphatic hydroxyl groups is 1. The number of fused-ring (bicyclic) bond motifs is 5.